The van der Waals surface area contributed by atoms with Crippen molar-refractivity contribution in [2.24, 2.45) is 5.73 Å². The van der Waals surface area contributed by atoms with Crippen LogP contribution in [0.5, 0.6) is 5.75 Å². The van der Waals surface area contributed by atoms with E-state index in [0.29, 0.717) is 0 Å². The highest BCUT2D eigenvalue weighted by molar-refractivity contribution is 9.10. The van der Waals surface area contributed by atoms with E-state index in [4.69, 9.17) is 15.6 Å². The second-order valence-electron chi connectivity index (χ2n) is 3.37. The number of hydrogen-bond donors (Lipinski definition) is 2. The maximum absolute atomic E-state index is 8.71. The Labute approximate surface area is 111 Å². The molecule has 5 heteroatoms. The number of nitrogens with two attached hydrogens (primary N) is 1. The molecule has 3 nitrogen and oxygen atoms in total. The summed E-state index contributed by atoms with van der Waals surface area (Å²) >= 11 is 3.41. The molecule has 0 fully saturated rings. The Bertz CT molecular complexity index is 323. The predicted molar refractivity (Wildman–Crippen MR) is 71.2 cm³/mol. The van der Waals surface area contributed by atoms with Crippen LogP contribution in [0.2, 0.25) is 0 Å². The Kier molecular flexibility index (Phi) is 7.76. The summed E-state index contributed by atoms with van der Waals surface area (Å²) in [7, 11) is 1.63. The maximum atomic E-state index is 8.71. The number of hydrogen-bond acceptors (Lipinski definition) is 3. The molecule has 1 aromatic rings. The quantitative estimate of drug-likeness (QED) is 0.879. The number of rotatable bonds is 5. The number of halogens is 2. The Morgan fingerprint density at radius 3 is 2.69 bits per heavy atom. The van der Waals surface area contributed by atoms with Gasteiger partial charge >= 0.3 is 0 Å². The third-order valence-corrected chi connectivity index (χ3v) is 2.90. The molecule has 0 aliphatic heterocycles. The summed E-state index contributed by atoms with van der Waals surface area (Å²) in [5.74, 6) is 0.799. The van der Waals surface area contributed by atoms with Crippen LogP contribution in [0.25, 0.3) is 0 Å². The minimum absolute atomic E-state index is 0. The SMILES string of the molecule is COc1ccc([C@H](N)CCCO)cc1Br.Cl. The van der Waals surface area contributed by atoms with Crippen molar-refractivity contribution >= 4 is 28.3 Å². The van der Waals surface area contributed by atoms with E-state index in [9.17, 15) is 0 Å². The van der Waals surface area contributed by atoms with Gasteiger partial charge in [0.2, 0.25) is 0 Å². The van der Waals surface area contributed by atoms with Crippen molar-refractivity contribution in [1.29, 1.82) is 0 Å². The largest absolute Gasteiger partial charge is 0.496 e. The molecular formula is C11H17BrClNO2. The third-order valence-electron chi connectivity index (χ3n) is 2.28. The van der Waals surface area contributed by atoms with Gasteiger partial charge in [0.25, 0.3) is 0 Å². The highest BCUT2D eigenvalue weighted by atomic mass is 79.9. The number of aliphatic hydroxyl groups excluding tert-OH is 1. The summed E-state index contributed by atoms with van der Waals surface area (Å²) in [4.78, 5) is 0. The van der Waals surface area contributed by atoms with E-state index in [0.717, 1.165) is 28.6 Å². The molecule has 0 aromatic heterocycles. The van der Waals surface area contributed by atoms with Crippen LogP contribution in [-0.2, 0) is 0 Å². The lowest BCUT2D eigenvalue weighted by molar-refractivity contribution is 0.280. The Balaban J connectivity index is 0.00000225. The topological polar surface area (TPSA) is 55.5 Å². The van der Waals surface area contributed by atoms with Crippen LogP contribution in [0, 0.1) is 0 Å². The summed E-state index contributed by atoms with van der Waals surface area (Å²) < 4.78 is 6.04. The van der Waals surface area contributed by atoms with Crippen LogP contribution in [0.4, 0.5) is 0 Å². The molecule has 0 aliphatic carbocycles. The van der Waals surface area contributed by atoms with Gasteiger partial charge in [0.05, 0.1) is 11.6 Å². The predicted octanol–water partition coefficient (Wildman–Crippen LogP) is 2.65. The highest BCUT2D eigenvalue weighted by Gasteiger charge is 2.08. The lowest BCUT2D eigenvalue weighted by atomic mass is 10.0. The molecule has 0 aliphatic rings. The second kappa shape index (κ2) is 7.90. The van der Waals surface area contributed by atoms with Crippen molar-refractivity contribution in [2.75, 3.05) is 13.7 Å². The molecule has 0 radical (unpaired) electrons. The minimum Gasteiger partial charge on any atom is -0.496 e. The van der Waals surface area contributed by atoms with Crippen molar-refractivity contribution in [3.63, 3.8) is 0 Å². The molecule has 3 N–H and O–H groups in total. The third kappa shape index (κ3) is 4.29. The molecule has 0 bridgehead atoms. The Morgan fingerprint density at radius 1 is 1.50 bits per heavy atom. The van der Waals surface area contributed by atoms with E-state index in [1.54, 1.807) is 7.11 Å². The van der Waals surface area contributed by atoms with Crippen LogP contribution in [0.1, 0.15) is 24.4 Å². The van der Waals surface area contributed by atoms with Gasteiger partial charge in [-0.3, -0.25) is 0 Å². The molecular weight excluding hydrogens is 293 g/mol. The minimum atomic E-state index is -0.0284. The average molecular weight is 311 g/mol. The second-order valence-corrected chi connectivity index (χ2v) is 4.22. The van der Waals surface area contributed by atoms with Crippen LogP contribution in [0.15, 0.2) is 22.7 Å². The van der Waals surface area contributed by atoms with E-state index < -0.39 is 0 Å². The van der Waals surface area contributed by atoms with Crippen molar-refractivity contribution in [1.82, 2.24) is 0 Å². The molecule has 1 atom stereocenters. The number of ether oxygens (including phenoxy) is 1. The molecule has 0 saturated heterocycles. The van der Waals surface area contributed by atoms with Crippen LogP contribution in [0.3, 0.4) is 0 Å². The van der Waals surface area contributed by atoms with Crippen LogP contribution in [-0.4, -0.2) is 18.8 Å². The summed E-state index contributed by atoms with van der Waals surface area (Å²) in [6, 6.07) is 5.77. The fraction of sp³-hybridized carbons (Fsp3) is 0.455. The molecule has 1 aromatic carbocycles. The lowest BCUT2D eigenvalue weighted by Crippen LogP contribution is -2.10. The van der Waals surface area contributed by atoms with Crippen LogP contribution < -0.4 is 10.5 Å². The van der Waals surface area contributed by atoms with Gasteiger partial charge in [0, 0.05) is 12.6 Å². The van der Waals surface area contributed by atoms with E-state index in [1.165, 1.54) is 0 Å². The van der Waals surface area contributed by atoms with Gasteiger partial charge in [0.15, 0.2) is 0 Å². The van der Waals surface area contributed by atoms with E-state index in [2.05, 4.69) is 15.9 Å². The number of methoxy groups -OCH3 is 1. The number of aliphatic hydroxyl groups is 1. The smallest absolute Gasteiger partial charge is 0.133 e. The zero-order valence-corrected chi connectivity index (χ0v) is 11.6. The molecule has 0 unspecified atom stereocenters. The molecule has 0 heterocycles. The van der Waals surface area contributed by atoms with Crippen molar-refractivity contribution < 1.29 is 9.84 Å². The summed E-state index contributed by atoms with van der Waals surface area (Å²) in [5.41, 5.74) is 7.02. The zero-order chi connectivity index (χ0) is 11.3. The molecule has 92 valence electrons. The fourth-order valence-corrected chi connectivity index (χ4v) is 1.95. The summed E-state index contributed by atoms with van der Waals surface area (Å²) in [6.07, 6.45) is 1.51. The van der Waals surface area contributed by atoms with Crippen molar-refractivity contribution in [3.05, 3.63) is 28.2 Å². The monoisotopic (exact) mass is 309 g/mol. The van der Waals surface area contributed by atoms with E-state index >= 15 is 0 Å². The zero-order valence-electron chi connectivity index (χ0n) is 9.15. The summed E-state index contributed by atoms with van der Waals surface area (Å²) in [5, 5.41) is 8.71. The van der Waals surface area contributed by atoms with Gasteiger partial charge < -0.3 is 15.6 Å². The van der Waals surface area contributed by atoms with Gasteiger partial charge in [-0.2, -0.15) is 0 Å². The van der Waals surface area contributed by atoms with Gasteiger partial charge in [-0.05, 0) is 46.5 Å². The first kappa shape index (κ1) is 15.7. The normalized spacial score (nSPS) is 11.8. The lowest BCUT2D eigenvalue weighted by Gasteiger charge is -2.12. The average Bonchev–Trinajstić information content (AvgIpc) is 2.25. The summed E-state index contributed by atoms with van der Waals surface area (Å²) in [6.45, 7) is 0.186. The molecule has 0 saturated carbocycles. The van der Waals surface area contributed by atoms with Crippen molar-refractivity contribution in [2.45, 2.75) is 18.9 Å². The Morgan fingerprint density at radius 2 is 2.19 bits per heavy atom. The van der Waals surface area contributed by atoms with Gasteiger partial charge in [-0.25, -0.2) is 0 Å². The number of benzene rings is 1. The molecule has 0 amide bonds. The first-order valence-electron chi connectivity index (χ1n) is 4.89. The molecule has 16 heavy (non-hydrogen) atoms. The highest BCUT2D eigenvalue weighted by Crippen LogP contribution is 2.28. The van der Waals surface area contributed by atoms with Gasteiger partial charge in [-0.1, -0.05) is 6.07 Å². The first-order chi connectivity index (χ1) is 7.19. The Hall–Kier alpha value is -0.290. The molecule has 1 rings (SSSR count). The van der Waals surface area contributed by atoms with E-state index in [-0.39, 0.29) is 25.1 Å². The van der Waals surface area contributed by atoms with Crippen molar-refractivity contribution in [3.8, 4) is 5.75 Å². The molecule has 0 spiro atoms. The van der Waals surface area contributed by atoms with Gasteiger partial charge in [-0.15, -0.1) is 12.4 Å². The van der Waals surface area contributed by atoms with Gasteiger partial charge in [0.1, 0.15) is 5.75 Å². The standard InChI is InChI=1S/C11H16BrNO2.ClH/c1-15-11-5-4-8(7-9(11)12)10(13)3-2-6-14;/h4-5,7,10,14H,2-3,6,13H2,1H3;1H/t10-;/m1./s1. The maximum Gasteiger partial charge on any atom is 0.133 e. The van der Waals surface area contributed by atoms with Crippen LogP contribution >= 0.6 is 28.3 Å². The first-order valence-corrected chi connectivity index (χ1v) is 5.68. The van der Waals surface area contributed by atoms with E-state index in [1.807, 2.05) is 18.2 Å². The fourth-order valence-electron chi connectivity index (χ4n) is 1.39.